The average Bonchev–Trinajstić information content (AvgIpc) is 3.16. The van der Waals surface area contributed by atoms with Crippen LogP contribution in [-0.4, -0.2) is 53.0 Å². The van der Waals surface area contributed by atoms with Gasteiger partial charge < -0.3 is 25.1 Å². The van der Waals surface area contributed by atoms with E-state index < -0.39 is 6.10 Å². The van der Waals surface area contributed by atoms with Gasteiger partial charge in [0.05, 0.1) is 24.6 Å². The molecular formula is C25H36N4O4. The smallest absolute Gasteiger partial charge is 0.224 e. The van der Waals surface area contributed by atoms with E-state index in [-0.39, 0.29) is 53.3 Å². The van der Waals surface area contributed by atoms with Crippen molar-refractivity contribution in [2.75, 3.05) is 26.2 Å². The number of nitrogens with zero attached hydrogens (tertiary/aromatic N) is 2. The number of hydrogen-bond acceptors (Lipinski definition) is 6. The van der Waals surface area contributed by atoms with Gasteiger partial charge in [-0.05, 0) is 82.3 Å². The normalized spacial score (nSPS) is 30.1. The maximum atomic E-state index is 13.3. The summed E-state index contributed by atoms with van der Waals surface area (Å²) in [4.78, 5) is 33.0. The number of rotatable bonds is 10. The number of likely N-dealkylation sites (tertiary alicyclic amines) is 1. The van der Waals surface area contributed by atoms with Crippen molar-refractivity contribution in [1.82, 2.24) is 20.5 Å². The molecule has 0 aromatic carbocycles. The zero-order chi connectivity index (χ0) is 23.0. The second kappa shape index (κ2) is 9.22. The third-order valence-electron chi connectivity index (χ3n) is 8.21. The highest BCUT2D eigenvalue weighted by atomic mass is 16.4. The van der Waals surface area contributed by atoms with Crippen LogP contribution in [-0.2, 0) is 16.1 Å². The summed E-state index contributed by atoms with van der Waals surface area (Å²) in [6.45, 7) is 5.98. The lowest BCUT2D eigenvalue weighted by molar-refractivity contribution is -0.135. The number of unbranched alkanes of at least 4 members (excludes halogenated alkanes) is 1. The van der Waals surface area contributed by atoms with Crippen LogP contribution >= 0.6 is 0 Å². The molecule has 8 heteroatoms. The van der Waals surface area contributed by atoms with Crippen molar-refractivity contribution in [2.45, 2.75) is 58.1 Å². The third kappa shape index (κ3) is 4.35. The molecule has 3 aliphatic carbocycles. The third-order valence-corrected chi connectivity index (χ3v) is 8.21. The Bertz CT molecular complexity index is 900. The Balaban J connectivity index is 1.17. The van der Waals surface area contributed by atoms with Crippen LogP contribution in [0.3, 0.4) is 0 Å². The molecule has 4 aliphatic rings. The van der Waals surface area contributed by atoms with Gasteiger partial charge in [0.2, 0.25) is 17.7 Å². The minimum Gasteiger partial charge on any atom is -0.441 e. The van der Waals surface area contributed by atoms with Gasteiger partial charge in [-0.1, -0.05) is 12.2 Å². The number of aliphatic hydroxyl groups is 1. The van der Waals surface area contributed by atoms with Gasteiger partial charge in [0.1, 0.15) is 11.9 Å². The minimum atomic E-state index is -0.789. The zero-order valence-electron chi connectivity index (χ0n) is 19.5. The molecule has 2 amide bonds. The second-order valence-corrected chi connectivity index (χ2v) is 10.3. The molecule has 33 heavy (non-hydrogen) atoms. The van der Waals surface area contributed by atoms with E-state index in [1.54, 1.807) is 6.92 Å². The summed E-state index contributed by atoms with van der Waals surface area (Å²) in [6, 6.07) is 0. The molecular weight excluding hydrogens is 420 g/mol. The van der Waals surface area contributed by atoms with E-state index in [4.69, 9.17) is 4.42 Å². The number of allylic oxidation sites excluding steroid dienone is 2. The largest absolute Gasteiger partial charge is 0.441 e. The highest BCUT2D eigenvalue weighted by molar-refractivity contribution is 5.90. The highest BCUT2D eigenvalue weighted by Crippen LogP contribution is 2.72. The summed E-state index contributed by atoms with van der Waals surface area (Å²) in [7, 11) is 0. The monoisotopic (exact) mass is 456 g/mol. The van der Waals surface area contributed by atoms with Crippen LogP contribution in [0.2, 0.25) is 0 Å². The van der Waals surface area contributed by atoms with Crippen LogP contribution in [0, 0.1) is 29.1 Å². The number of amides is 2. The highest BCUT2D eigenvalue weighted by Gasteiger charge is 2.69. The number of aromatic nitrogens is 1. The maximum absolute atomic E-state index is 13.3. The summed E-state index contributed by atoms with van der Waals surface area (Å²) in [5, 5.41) is 15.7. The molecule has 5 rings (SSSR count). The van der Waals surface area contributed by atoms with Crippen molar-refractivity contribution >= 4 is 11.8 Å². The standard InChI is InChI=1S/C25H36N4O4/c1-16(30)24-28-15-17(33-24)14-27-23(32)21-19-7-6-18(25(19)8-9-25)20(21)22(31)26-10-2-3-11-29-12-4-5-13-29/h6-7,15-16,18-21,30H,2-5,8-14H2,1H3,(H,26,31)(H,27,32)/t16?,18-,19+,20-,21-/m1/s1. The van der Waals surface area contributed by atoms with Crippen molar-refractivity contribution < 1.29 is 19.1 Å². The van der Waals surface area contributed by atoms with E-state index in [0.717, 1.165) is 32.2 Å². The molecule has 1 aromatic heterocycles. The molecule has 1 aromatic rings. The van der Waals surface area contributed by atoms with Crippen LogP contribution in [0.5, 0.6) is 0 Å². The van der Waals surface area contributed by atoms with Gasteiger partial charge >= 0.3 is 0 Å². The summed E-state index contributed by atoms with van der Waals surface area (Å²) in [5.74, 6) is 0.318. The molecule has 3 N–H and O–H groups in total. The van der Waals surface area contributed by atoms with Crippen LogP contribution in [0.25, 0.3) is 0 Å². The number of nitrogens with one attached hydrogen (secondary N) is 2. The van der Waals surface area contributed by atoms with Crippen molar-refractivity contribution in [3.63, 3.8) is 0 Å². The predicted octanol–water partition coefficient (Wildman–Crippen LogP) is 2.16. The van der Waals surface area contributed by atoms with Crippen molar-refractivity contribution in [3.8, 4) is 0 Å². The molecule has 1 saturated heterocycles. The summed E-state index contributed by atoms with van der Waals surface area (Å²) in [5.41, 5.74) is 0.117. The molecule has 3 fully saturated rings. The number of oxazole rings is 1. The van der Waals surface area contributed by atoms with Gasteiger partial charge in [0.25, 0.3) is 0 Å². The molecule has 8 nitrogen and oxygen atoms in total. The van der Waals surface area contributed by atoms with Crippen molar-refractivity contribution in [3.05, 3.63) is 30.0 Å². The first-order valence-electron chi connectivity index (χ1n) is 12.6. The summed E-state index contributed by atoms with van der Waals surface area (Å²) < 4.78 is 5.49. The quantitative estimate of drug-likeness (QED) is 0.368. The number of hydrogen-bond donors (Lipinski definition) is 3. The lowest BCUT2D eigenvalue weighted by atomic mass is 9.81. The van der Waals surface area contributed by atoms with Gasteiger partial charge in [0.15, 0.2) is 0 Å². The van der Waals surface area contributed by atoms with Crippen LogP contribution < -0.4 is 10.6 Å². The summed E-state index contributed by atoms with van der Waals surface area (Å²) >= 11 is 0. The van der Waals surface area contributed by atoms with E-state index in [1.165, 1.54) is 32.1 Å². The van der Waals surface area contributed by atoms with Gasteiger partial charge in [-0.2, -0.15) is 0 Å². The minimum absolute atomic E-state index is 0.0236. The fraction of sp³-hybridized carbons (Fsp3) is 0.720. The molecule has 1 spiro atoms. The topological polar surface area (TPSA) is 108 Å². The van der Waals surface area contributed by atoms with Gasteiger partial charge in [0, 0.05) is 6.54 Å². The van der Waals surface area contributed by atoms with E-state index in [0.29, 0.717) is 12.3 Å². The van der Waals surface area contributed by atoms with E-state index in [2.05, 4.69) is 32.7 Å². The molecule has 2 saturated carbocycles. The molecule has 5 atom stereocenters. The molecule has 1 aliphatic heterocycles. The van der Waals surface area contributed by atoms with Crippen molar-refractivity contribution in [2.24, 2.45) is 29.1 Å². The second-order valence-electron chi connectivity index (χ2n) is 10.3. The zero-order valence-corrected chi connectivity index (χ0v) is 19.5. The number of carbonyl (C=O) groups excluding carboxylic acids is 2. The Morgan fingerprint density at radius 2 is 1.82 bits per heavy atom. The van der Waals surface area contributed by atoms with Crippen LogP contribution in [0.1, 0.15) is 63.2 Å². The van der Waals surface area contributed by atoms with E-state index >= 15 is 0 Å². The number of aliphatic hydroxyl groups excluding tert-OH is 1. The first-order valence-corrected chi connectivity index (χ1v) is 12.6. The van der Waals surface area contributed by atoms with Gasteiger partial charge in [-0.25, -0.2) is 4.98 Å². The SMILES string of the molecule is CC(O)c1ncc(CNC(=O)[C@H]2[C@H](C(=O)NCCCCN3CCCC3)[C@H]3C=C[C@@H]2C32CC2)o1. The Morgan fingerprint density at radius 1 is 1.15 bits per heavy atom. The molecule has 1 unspecified atom stereocenters. The van der Waals surface area contributed by atoms with Crippen molar-refractivity contribution in [1.29, 1.82) is 0 Å². The van der Waals surface area contributed by atoms with E-state index in [9.17, 15) is 14.7 Å². The first-order chi connectivity index (χ1) is 16.0. The Labute approximate surface area is 195 Å². The molecule has 2 bridgehead atoms. The maximum Gasteiger partial charge on any atom is 0.224 e. The first kappa shape index (κ1) is 22.6. The summed E-state index contributed by atoms with van der Waals surface area (Å²) in [6.07, 6.45) is 12.0. The Kier molecular flexibility index (Phi) is 6.31. The van der Waals surface area contributed by atoms with Crippen LogP contribution in [0.15, 0.2) is 22.8 Å². The predicted molar refractivity (Wildman–Crippen MR) is 122 cm³/mol. The fourth-order valence-corrected chi connectivity index (χ4v) is 6.40. The van der Waals surface area contributed by atoms with Crippen LogP contribution in [0.4, 0.5) is 0 Å². The lowest BCUT2D eigenvalue weighted by Crippen LogP contribution is -2.44. The van der Waals surface area contributed by atoms with Gasteiger partial charge in [-0.3, -0.25) is 9.59 Å². The molecule has 180 valence electrons. The fourth-order valence-electron chi connectivity index (χ4n) is 6.40. The van der Waals surface area contributed by atoms with E-state index in [1.807, 2.05) is 0 Å². The molecule has 2 heterocycles. The molecule has 0 radical (unpaired) electrons. The number of carbonyl (C=O) groups is 2. The Hall–Kier alpha value is -2.19. The lowest BCUT2D eigenvalue weighted by Gasteiger charge is -2.26. The average molecular weight is 457 g/mol. The van der Waals surface area contributed by atoms with Gasteiger partial charge in [-0.15, -0.1) is 0 Å². The Morgan fingerprint density at radius 3 is 2.42 bits per heavy atom.